The van der Waals surface area contributed by atoms with E-state index in [2.05, 4.69) is 29.7 Å². The zero-order valence-electron chi connectivity index (χ0n) is 31.6. The van der Waals surface area contributed by atoms with Gasteiger partial charge in [-0.3, -0.25) is 9.59 Å². The van der Waals surface area contributed by atoms with Crippen molar-refractivity contribution in [3.63, 3.8) is 0 Å². The quantitative estimate of drug-likeness (QED) is 0.268. The number of hydrogen-bond acceptors (Lipinski definition) is 11. The number of aryl methyl sites for hydroxylation is 1. The maximum atomic E-state index is 14.3. The number of carbonyl (C=O) groups is 3. The zero-order chi connectivity index (χ0) is 37.0. The number of benzene rings is 1. The zero-order valence-corrected chi connectivity index (χ0v) is 31.6. The van der Waals surface area contributed by atoms with Gasteiger partial charge < -0.3 is 44.3 Å². The number of hydrogen-bond donors (Lipinski definition) is 3. The number of alkyl carbamates (subject to hydrolysis) is 1. The van der Waals surface area contributed by atoms with Gasteiger partial charge in [0.15, 0.2) is 17.7 Å². The molecule has 0 aromatic heterocycles. The van der Waals surface area contributed by atoms with Gasteiger partial charge in [-0.15, -0.1) is 0 Å². The number of ketones is 1. The number of carbonyl (C=O) groups excluding carboxylic acids is 3. The van der Waals surface area contributed by atoms with E-state index < -0.39 is 65.7 Å². The van der Waals surface area contributed by atoms with Crippen LogP contribution in [0.5, 0.6) is 0 Å². The standard InChI is InChI=1S/C38H61N3O9/c1-11-29-38(7)32(40-36(45)50-38)25(5)39-21-22(2)20-37(6,46-10)33(23(3)30(42)24(4)34(44)48-29)49-35-31(43)28(41(8)9)19-27(47-35)18-17-26-15-13-12-14-16-26/h12-16,22-25,27-29,31-33,35,39,43H,11,17-21H2,1-10H3,(H,40,45)/t22-,23+,24?,25-,27-,28?,29-,31-,32-,33-,35+,37-,38-/m1/s1. The Morgan fingerprint density at radius 2 is 1.74 bits per heavy atom. The molecule has 1 amide bonds. The summed E-state index contributed by atoms with van der Waals surface area (Å²) in [6.07, 6.45) is -1.52. The first-order chi connectivity index (χ1) is 23.5. The highest BCUT2D eigenvalue weighted by Crippen LogP contribution is 2.38. The molecule has 3 aliphatic rings. The molecule has 13 atom stereocenters. The summed E-state index contributed by atoms with van der Waals surface area (Å²) in [4.78, 5) is 42.5. The number of nitrogens with zero attached hydrogens (tertiary/aromatic N) is 1. The number of rotatable bonds is 8. The molecule has 3 saturated heterocycles. The highest BCUT2D eigenvalue weighted by Gasteiger charge is 2.55. The van der Waals surface area contributed by atoms with E-state index in [1.807, 2.05) is 58.0 Å². The number of methoxy groups -OCH3 is 1. The van der Waals surface area contributed by atoms with E-state index in [1.54, 1.807) is 21.0 Å². The van der Waals surface area contributed by atoms with Gasteiger partial charge in [0.25, 0.3) is 0 Å². The van der Waals surface area contributed by atoms with E-state index in [0.717, 1.165) is 12.8 Å². The molecule has 0 spiro atoms. The van der Waals surface area contributed by atoms with Gasteiger partial charge in [0.2, 0.25) is 0 Å². The van der Waals surface area contributed by atoms with Gasteiger partial charge >= 0.3 is 12.1 Å². The van der Waals surface area contributed by atoms with Gasteiger partial charge in [-0.1, -0.05) is 51.1 Å². The predicted octanol–water partition coefficient (Wildman–Crippen LogP) is 3.86. The highest BCUT2D eigenvalue weighted by atomic mass is 16.7. The van der Waals surface area contributed by atoms with Crippen molar-refractivity contribution in [3.8, 4) is 0 Å². The second-order valence-corrected chi connectivity index (χ2v) is 15.4. The number of aliphatic hydroxyl groups is 1. The fourth-order valence-electron chi connectivity index (χ4n) is 8.18. The lowest BCUT2D eigenvalue weighted by Gasteiger charge is -2.47. The van der Waals surface area contributed by atoms with Crippen LogP contribution in [0.2, 0.25) is 0 Å². The smallest absolute Gasteiger partial charge is 0.408 e. The summed E-state index contributed by atoms with van der Waals surface area (Å²) in [5.74, 6) is -3.07. The van der Waals surface area contributed by atoms with Crippen molar-refractivity contribution in [2.24, 2.45) is 17.8 Å². The van der Waals surface area contributed by atoms with E-state index >= 15 is 0 Å². The maximum Gasteiger partial charge on any atom is 0.408 e. The lowest BCUT2D eigenvalue weighted by atomic mass is 9.78. The number of esters is 1. The van der Waals surface area contributed by atoms with Crippen LogP contribution in [0, 0.1) is 17.8 Å². The SMILES string of the molecule is CC[C@H]1OC(=O)C(C)C(=O)[C@H](C)[C@@H](O[C@@H]2O[C@H](CCc3ccccc3)CC(N(C)C)[C@H]2O)[C@](C)(OC)C[C@@H](C)CN[C@H](C)[C@H]2NC(=O)O[C@@]21C. The molecule has 2 unspecified atom stereocenters. The van der Waals surface area contributed by atoms with Gasteiger partial charge in [-0.2, -0.15) is 0 Å². The Morgan fingerprint density at radius 3 is 2.36 bits per heavy atom. The Balaban J connectivity index is 1.67. The number of nitrogens with one attached hydrogen (secondary N) is 2. The summed E-state index contributed by atoms with van der Waals surface area (Å²) in [7, 11) is 5.45. The van der Waals surface area contributed by atoms with Crippen LogP contribution in [0.4, 0.5) is 4.79 Å². The van der Waals surface area contributed by atoms with E-state index in [-0.39, 0.29) is 29.9 Å². The Hall–Kier alpha value is -2.61. The van der Waals surface area contributed by atoms with E-state index in [4.69, 9.17) is 23.7 Å². The third-order valence-electron chi connectivity index (χ3n) is 11.3. The van der Waals surface area contributed by atoms with Crippen LogP contribution < -0.4 is 10.6 Å². The molecular formula is C38H61N3O9. The second kappa shape index (κ2) is 16.8. The largest absolute Gasteiger partial charge is 0.458 e. The minimum absolute atomic E-state index is 0.0211. The first-order valence-corrected chi connectivity index (χ1v) is 18.3. The van der Waals surface area contributed by atoms with Gasteiger partial charge in [0.1, 0.15) is 18.1 Å². The van der Waals surface area contributed by atoms with E-state index in [1.165, 1.54) is 12.5 Å². The van der Waals surface area contributed by atoms with Gasteiger partial charge in [-0.25, -0.2) is 4.79 Å². The lowest BCUT2D eigenvalue weighted by Crippen LogP contribution is -2.60. The summed E-state index contributed by atoms with van der Waals surface area (Å²) in [5.41, 5.74) is -0.988. The summed E-state index contributed by atoms with van der Waals surface area (Å²) in [5, 5.41) is 18.1. The van der Waals surface area contributed by atoms with Crippen LogP contribution in [0.1, 0.15) is 79.7 Å². The number of ether oxygens (including phenoxy) is 5. The van der Waals surface area contributed by atoms with Crippen molar-refractivity contribution in [3.05, 3.63) is 35.9 Å². The van der Waals surface area contributed by atoms with Crippen molar-refractivity contribution in [1.82, 2.24) is 15.5 Å². The Labute approximate surface area is 298 Å². The van der Waals surface area contributed by atoms with Crippen LogP contribution in [-0.4, -0.2) is 116 Å². The monoisotopic (exact) mass is 703 g/mol. The Morgan fingerprint density at radius 1 is 1.06 bits per heavy atom. The second-order valence-electron chi connectivity index (χ2n) is 15.4. The molecule has 3 heterocycles. The number of amides is 1. The molecule has 0 radical (unpaired) electrons. The van der Waals surface area contributed by atoms with Crippen molar-refractivity contribution >= 4 is 17.8 Å². The molecule has 12 nitrogen and oxygen atoms in total. The van der Waals surface area contributed by atoms with E-state index in [0.29, 0.717) is 25.8 Å². The Kier molecular flexibility index (Phi) is 13.5. The highest BCUT2D eigenvalue weighted by molar-refractivity contribution is 6.00. The molecule has 1 aromatic rings. The van der Waals surface area contributed by atoms with Gasteiger partial charge in [0, 0.05) is 25.1 Å². The molecule has 50 heavy (non-hydrogen) atoms. The first-order valence-electron chi connectivity index (χ1n) is 18.3. The summed E-state index contributed by atoms with van der Waals surface area (Å²) in [6, 6.07) is 9.21. The minimum Gasteiger partial charge on any atom is -0.458 e. The summed E-state index contributed by atoms with van der Waals surface area (Å²) >= 11 is 0. The molecule has 0 saturated carbocycles. The van der Waals surface area contributed by atoms with Gasteiger partial charge in [0.05, 0.1) is 23.9 Å². The number of likely N-dealkylation sites (N-methyl/N-ethyl adjacent to an activating group) is 1. The third kappa shape index (κ3) is 8.87. The molecular weight excluding hydrogens is 642 g/mol. The lowest BCUT2D eigenvalue weighted by molar-refractivity contribution is -0.298. The van der Waals surface area contributed by atoms with Gasteiger partial charge in [-0.05, 0) is 91.9 Å². The topological polar surface area (TPSA) is 145 Å². The van der Waals surface area contributed by atoms with Crippen LogP contribution in [0.15, 0.2) is 30.3 Å². The summed E-state index contributed by atoms with van der Waals surface area (Å²) < 4.78 is 31.3. The summed E-state index contributed by atoms with van der Waals surface area (Å²) in [6.45, 7) is 13.4. The van der Waals surface area contributed by atoms with Crippen LogP contribution in [0.25, 0.3) is 0 Å². The number of cyclic esters (lactones) is 1. The Bertz CT molecular complexity index is 1300. The fraction of sp³-hybridized carbons (Fsp3) is 0.763. The molecule has 12 heteroatoms. The predicted molar refractivity (Wildman–Crippen MR) is 188 cm³/mol. The molecule has 3 fully saturated rings. The van der Waals surface area contributed by atoms with Crippen molar-refractivity contribution in [1.29, 1.82) is 0 Å². The van der Waals surface area contributed by atoms with Crippen molar-refractivity contribution in [2.45, 2.75) is 141 Å². The molecule has 3 aliphatic heterocycles. The average molecular weight is 704 g/mol. The first kappa shape index (κ1) is 40.2. The normalized spacial score (nSPS) is 40.6. The number of Topliss-reactive ketones (excluding diaryl/α,β-unsaturated/α-hetero) is 1. The molecule has 0 aliphatic carbocycles. The van der Waals surface area contributed by atoms with Crippen molar-refractivity contribution in [2.75, 3.05) is 27.7 Å². The van der Waals surface area contributed by atoms with Crippen molar-refractivity contribution < 1.29 is 43.2 Å². The maximum absolute atomic E-state index is 14.3. The number of fused-ring (bicyclic) bond motifs is 1. The third-order valence-corrected chi connectivity index (χ3v) is 11.3. The molecule has 0 bridgehead atoms. The fourth-order valence-corrected chi connectivity index (χ4v) is 8.18. The molecule has 282 valence electrons. The van der Waals surface area contributed by atoms with Crippen LogP contribution >= 0.6 is 0 Å². The minimum atomic E-state index is -1.16. The molecule has 4 rings (SSSR count). The van der Waals surface area contributed by atoms with E-state index in [9.17, 15) is 19.5 Å². The van der Waals surface area contributed by atoms with Crippen LogP contribution in [0.3, 0.4) is 0 Å². The number of aliphatic hydroxyl groups excluding tert-OH is 1. The van der Waals surface area contributed by atoms with Crippen LogP contribution in [-0.2, 0) is 39.7 Å². The molecule has 1 aromatic carbocycles. The average Bonchev–Trinajstić information content (AvgIpc) is 3.41. The molecule has 3 N–H and O–H groups in total.